The molecule has 3 aliphatic heterocycles. The van der Waals surface area contributed by atoms with E-state index in [2.05, 4.69) is 278 Å². The fourth-order valence-corrected chi connectivity index (χ4v) is 11.6. The van der Waals surface area contributed by atoms with Crippen LogP contribution in [-0.2, 0) is 16.2 Å². The average molecular weight is 994 g/mol. The maximum Gasteiger partial charge on any atom is 0.252 e. The van der Waals surface area contributed by atoms with Crippen molar-refractivity contribution in [1.29, 1.82) is 0 Å². The molecule has 9 aromatic carbocycles. The van der Waals surface area contributed by atoms with Crippen LogP contribution in [0.3, 0.4) is 0 Å². The SMILES string of the molecule is Cc1cc2c3c(c1)N(c1cc(-c4ccc(C(C)(C)C)cc4)cc(-c4ccc(C(C)(C)C)cc4)c1)c1cc(N(c4ccccc4)c4ccccc4)ccc1B3c1cc(C(C)(C)C)ccc1N2c1ccc2c(c1)OCCCO2. The van der Waals surface area contributed by atoms with E-state index >= 15 is 0 Å². The van der Waals surface area contributed by atoms with Gasteiger partial charge < -0.3 is 24.2 Å². The van der Waals surface area contributed by atoms with E-state index in [0.29, 0.717) is 13.2 Å². The largest absolute Gasteiger partial charge is 0.490 e. The number of para-hydroxylation sites is 2. The second-order valence-corrected chi connectivity index (χ2v) is 24.2. The van der Waals surface area contributed by atoms with Crippen LogP contribution in [-0.4, -0.2) is 19.9 Å². The van der Waals surface area contributed by atoms with Gasteiger partial charge in [-0.3, -0.25) is 0 Å². The van der Waals surface area contributed by atoms with Crippen LogP contribution < -0.4 is 40.6 Å². The first-order valence-corrected chi connectivity index (χ1v) is 27.2. The molecule has 0 bridgehead atoms. The van der Waals surface area contributed by atoms with Gasteiger partial charge in [0.25, 0.3) is 6.71 Å². The minimum atomic E-state index is -0.0856. The summed E-state index contributed by atoms with van der Waals surface area (Å²) in [6, 6.07) is 73.0. The summed E-state index contributed by atoms with van der Waals surface area (Å²) in [7, 11) is 0. The summed E-state index contributed by atoms with van der Waals surface area (Å²) in [5.41, 5.74) is 23.6. The average Bonchev–Trinajstić information content (AvgIpc) is 3.82. The van der Waals surface area contributed by atoms with Crippen LogP contribution in [0.2, 0.25) is 0 Å². The Labute approximate surface area is 451 Å². The van der Waals surface area contributed by atoms with Crippen LogP contribution in [0.1, 0.15) is 91.0 Å². The molecule has 0 saturated carbocycles. The Morgan fingerprint density at radius 3 is 1.47 bits per heavy atom. The summed E-state index contributed by atoms with van der Waals surface area (Å²) in [6.45, 7) is 24.1. The molecule has 3 aliphatic rings. The van der Waals surface area contributed by atoms with Gasteiger partial charge in [-0.15, -0.1) is 0 Å². The quantitative estimate of drug-likeness (QED) is 0.148. The van der Waals surface area contributed by atoms with Crippen LogP contribution in [0, 0.1) is 6.92 Å². The molecule has 0 N–H and O–H groups in total. The number of aryl methyl sites for hydroxylation is 1. The Morgan fingerprint density at radius 2 is 0.921 bits per heavy atom. The Bertz CT molecular complexity index is 3530. The summed E-state index contributed by atoms with van der Waals surface area (Å²) < 4.78 is 12.6. The lowest BCUT2D eigenvalue weighted by Crippen LogP contribution is -2.61. The second-order valence-electron chi connectivity index (χ2n) is 24.2. The summed E-state index contributed by atoms with van der Waals surface area (Å²) in [4.78, 5) is 7.46. The van der Waals surface area contributed by atoms with Crippen molar-refractivity contribution in [1.82, 2.24) is 0 Å². The fraction of sp³-hybridized carbons (Fsp3) is 0.229. The van der Waals surface area contributed by atoms with Gasteiger partial charge in [-0.05, 0) is 169 Å². The maximum atomic E-state index is 6.41. The molecule has 0 amide bonds. The molecule has 76 heavy (non-hydrogen) atoms. The Hall–Kier alpha value is -7.96. The molecular weight excluding hydrogens is 926 g/mol. The molecule has 378 valence electrons. The summed E-state index contributed by atoms with van der Waals surface area (Å²) in [5, 5.41) is 0. The molecule has 6 heteroatoms. The first-order chi connectivity index (χ1) is 36.5. The van der Waals surface area contributed by atoms with Crippen LogP contribution >= 0.6 is 0 Å². The van der Waals surface area contributed by atoms with E-state index in [4.69, 9.17) is 9.47 Å². The summed E-state index contributed by atoms with van der Waals surface area (Å²) in [6.07, 6.45) is 0.845. The Kier molecular flexibility index (Phi) is 12.0. The molecule has 0 aliphatic carbocycles. The number of ether oxygens (including phenoxy) is 2. The van der Waals surface area contributed by atoms with E-state index in [0.717, 1.165) is 69.1 Å². The highest BCUT2D eigenvalue weighted by Gasteiger charge is 2.44. The molecular formula is C70H68BN3O2. The molecule has 0 saturated heterocycles. The number of fused-ring (bicyclic) bond motifs is 5. The number of nitrogens with zero attached hydrogens (tertiary/aromatic N) is 3. The van der Waals surface area contributed by atoms with E-state index in [1.165, 1.54) is 60.9 Å². The number of hydrogen-bond acceptors (Lipinski definition) is 5. The lowest BCUT2D eigenvalue weighted by molar-refractivity contribution is 0.297. The zero-order valence-corrected chi connectivity index (χ0v) is 45.8. The van der Waals surface area contributed by atoms with Gasteiger partial charge in [0.1, 0.15) is 0 Å². The number of anilines is 9. The van der Waals surface area contributed by atoms with Crippen molar-refractivity contribution in [3.8, 4) is 33.8 Å². The normalized spacial score (nSPS) is 13.9. The summed E-state index contributed by atoms with van der Waals surface area (Å²) >= 11 is 0. The predicted molar refractivity (Wildman–Crippen MR) is 322 cm³/mol. The predicted octanol–water partition coefficient (Wildman–Crippen LogP) is 16.9. The van der Waals surface area contributed by atoms with E-state index in [-0.39, 0.29) is 23.0 Å². The Balaban J connectivity index is 1.16. The molecule has 0 spiro atoms. The van der Waals surface area contributed by atoms with Crippen LogP contribution in [0.5, 0.6) is 11.5 Å². The van der Waals surface area contributed by atoms with Crippen molar-refractivity contribution < 1.29 is 9.47 Å². The van der Waals surface area contributed by atoms with Gasteiger partial charge >= 0.3 is 0 Å². The highest BCUT2D eigenvalue weighted by Crippen LogP contribution is 2.49. The van der Waals surface area contributed by atoms with Crippen molar-refractivity contribution in [2.75, 3.05) is 27.9 Å². The van der Waals surface area contributed by atoms with E-state index in [1.807, 2.05) is 0 Å². The third kappa shape index (κ3) is 8.91. The van der Waals surface area contributed by atoms with Gasteiger partial charge in [-0.1, -0.05) is 165 Å². The maximum absolute atomic E-state index is 6.41. The zero-order chi connectivity index (χ0) is 52.7. The second kappa shape index (κ2) is 18.7. The lowest BCUT2D eigenvalue weighted by atomic mass is 9.33. The molecule has 0 radical (unpaired) electrons. The van der Waals surface area contributed by atoms with Crippen molar-refractivity contribution in [2.45, 2.75) is 91.9 Å². The van der Waals surface area contributed by atoms with Gasteiger partial charge in [-0.25, -0.2) is 0 Å². The third-order valence-corrected chi connectivity index (χ3v) is 15.7. The lowest BCUT2D eigenvalue weighted by Gasteiger charge is -2.45. The number of rotatable bonds is 7. The molecule has 9 aromatic rings. The van der Waals surface area contributed by atoms with Crippen molar-refractivity contribution in [3.05, 3.63) is 216 Å². The van der Waals surface area contributed by atoms with E-state index < -0.39 is 0 Å². The van der Waals surface area contributed by atoms with Gasteiger partial charge in [-0.2, -0.15) is 0 Å². The topological polar surface area (TPSA) is 28.2 Å². The van der Waals surface area contributed by atoms with Crippen LogP contribution in [0.15, 0.2) is 194 Å². The molecule has 0 unspecified atom stereocenters. The molecule has 0 atom stereocenters. The van der Waals surface area contributed by atoms with Gasteiger partial charge in [0.15, 0.2) is 11.5 Å². The van der Waals surface area contributed by atoms with Crippen molar-refractivity contribution in [3.63, 3.8) is 0 Å². The van der Waals surface area contributed by atoms with Crippen molar-refractivity contribution in [2.24, 2.45) is 0 Å². The highest BCUT2D eigenvalue weighted by molar-refractivity contribution is 7.00. The van der Waals surface area contributed by atoms with E-state index in [1.54, 1.807) is 0 Å². The number of benzene rings is 9. The first kappa shape index (κ1) is 49.0. The number of hydrogen-bond donors (Lipinski definition) is 0. The minimum Gasteiger partial charge on any atom is -0.490 e. The fourth-order valence-electron chi connectivity index (χ4n) is 11.6. The highest BCUT2D eigenvalue weighted by atomic mass is 16.5. The van der Waals surface area contributed by atoms with Crippen molar-refractivity contribution >= 4 is 74.3 Å². The first-order valence-electron chi connectivity index (χ1n) is 27.2. The van der Waals surface area contributed by atoms with Gasteiger partial charge in [0.2, 0.25) is 0 Å². The minimum absolute atomic E-state index is 0.0308. The smallest absolute Gasteiger partial charge is 0.252 e. The standard InChI is InChI=1S/C70H68BN3O2/c1-46-38-63-67-64(39-46)74(58-41-49(47-22-26-51(27-23-47)68(2,3)4)40-50(42-58)48-24-28-52(29-25-48)69(5,6)7)62-44-56(72(54-18-13-11-14-19-54)55-20-15-12-16-21-55)31-33-59(62)71(67)60-43-53(70(8,9)10)30-34-61(60)73(63)57-32-35-65-66(45-57)76-37-17-36-75-65/h11-16,18-35,38-45H,17,36-37H2,1-10H3. The zero-order valence-electron chi connectivity index (χ0n) is 45.8. The van der Waals surface area contributed by atoms with Crippen LogP contribution in [0.25, 0.3) is 22.3 Å². The molecule has 0 aromatic heterocycles. The van der Waals surface area contributed by atoms with Crippen LogP contribution in [0.4, 0.5) is 51.2 Å². The summed E-state index contributed by atoms with van der Waals surface area (Å²) in [5.74, 6) is 1.57. The van der Waals surface area contributed by atoms with E-state index in [9.17, 15) is 0 Å². The molecule has 0 fully saturated rings. The van der Waals surface area contributed by atoms with Gasteiger partial charge in [0.05, 0.1) is 18.9 Å². The molecule has 5 nitrogen and oxygen atoms in total. The van der Waals surface area contributed by atoms with Gasteiger partial charge in [0, 0.05) is 58.0 Å². The Morgan fingerprint density at radius 1 is 0.395 bits per heavy atom. The monoisotopic (exact) mass is 994 g/mol. The molecule has 12 rings (SSSR count). The molecule has 3 heterocycles. The third-order valence-electron chi connectivity index (χ3n) is 15.7.